The summed E-state index contributed by atoms with van der Waals surface area (Å²) in [6.45, 7) is 0.560. The predicted molar refractivity (Wildman–Crippen MR) is 112 cm³/mol. The lowest BCUT2D eigenvalue weighted by atomic mass is 9.99. The van der Waals surface area contributed by atoms with Crippen LogP contribution in [0.3, 0.4) is 0 Å². The summed E-state index contributed by atoms with van der Waals surface area (Å²) in [7, 11) is 0. The first-order valence-electron chi connectivity index (χ1n) is 10.1. The van der Waals surface area contributed by atoms with Crippen molar-refractivity contribution in [2.24, 2.45) is 5.92 Å². The van der Waals surface area contributed by atoms with E-state index in [9.17, 15) is 9.59 Å². The molecule has 2 N–H and O–H groups in total. The highest BCUT2D eigenvalue weighted by Crippen LogP contribution is 2.34. The van der Waals surface area contributed by atoms with Crippen LogP contribution in [-0.4, -0.2) is 18.4 Å². The van der Waals surface area contributed by atoms with E-state index < -0.39 is 0 Å². The zero-order chi connectivity index (χ0) is 19.8. The number of carbonyl (C=O) groups is 2. The predicted octanol–water partition coefficient (Wildman–Crippen LogP) is 4.44. The lowest BCUT2D eigenvalue weighted by Gasteiger charge is -2.27. The van der Waals surface area contributed by atoms with Crippen LogP contribution >= 0.6 is 0 Å². The van der Waals surface area contributed by atoms with Crippen molar-refractivity contribution in [3.63, 3.8) is 0 Å². The van der Waals surface area contributed by atoms with Crippen molar-refractivity contribution in [2.75, 3.05) is 11.9 Å². The van der Waals surface area contributed by atoms with Crippen molar-refractivity contribution in [1.29, 1.82) is 0 Å². The van der Waals surface area contributed by atoms with Gasteiger partial charge < -0.3 is 15.4 Å². The molecule has 3 aromatic rings. The van der Waals surface area contributed by atoms with Gasteiger partial charge in [-0.3, -0.25) is 9.59 Å². The van der Waals surface area contributed by atoms with Crippen molar-refractivity contribution in [3.05, 3.63) is 71.8 Å². The Morgan fingerprint density at radius 1 is 0.897 bits per heavy atom. The van der Waals surface area contributed by atoms with Gasteiger partial charge in [-0.1, -0.05) is 42.5 Å². The fourth-order valence-electron chi connectivity index (χ4n) is 3.84. The van der Waals surface area contributed by atoms with E-state index in [1.54, 1.807) is 0 Å². The Labute approximate surface area is 169 Å². The van der Waals surface area contributed by atoms with Gasteiger partial charge in [-0.05, 0) is 41.8 Å². The van der Waals surface area contributed by atoms with Gasteiger partial charge in [0.2, 0.25) is 5.91 Å². The van der Waals surface area contributed by atoms with E-state index in [0.29, 0.717) is 24.3 Å². The normalized spacial score (nSPS) is 17.9. The summed E-state index contributed by atoms with van der Waals surface area (Å²) >= 11 is 0. The third kappa shape index (κ3) is 3.56. The number of fused-ring (bicyclic) bond motifs is 2. The fourth-order valence-corrected chi connectivity index (χ4v) is 3.84. The molecule has 1 aliphatic heterocycles. The lowest BCUT2D eigenvalue weighted by molar-refractivity contribution is -0.117. The van der Waals surface area contributed by atoms with E-state index in [1.807, 2.05) is 60.7 Å². The van der Waals surface area contributed by atoms with Crippen LogP contribution < -0.4 is 15.4 Å². The Kier molecular flexibility index (Phi) is 4.43. The second-order valence-corrected chi connectivity index (χ2v) is 7.71. The zero-order valence-electron chi connectivity index (χ0n) is 16.0. The number of hydrogen-bond acceptors (Lipinski definition) is 3. The van der Waals surface area contributed by atoms with Crippen molar-refractivity contribution < 1.29 is 14.3 Å². The second kappa shape index (κ2) is 7.24. The molecule has 2 amide bonds. The van der Waals surface area contributed by atoms with Crippen molar-refractivity contribution in [3.8, 4) is 5.75 Å². The maximum atomic E-state index is 13.3. The van der Waals surface area contributed by atoms with Crippen LogP contribution in [0.15, 0.2) is 60.7 Å². The van der Waals surface area contributed by atoms with Crippen LogP contribution in [0.4, 0.5) is 5.69 Å². The summed E-state index contributed by atoms with van der Waals surface area (Å²) in [5.41, 5.74) is 2.04. The Balaban J connectivity index is 1.48. The number of benzene rings is 3. The van der Waals surface area contributed by atoms with E-state index >= 15 is 0 Å². The number of ether oxygens (including phenoxy) is 1. The maximum Gasteiger partial charge on any atom is 0.253 e. The minimum atomic E-state index is -0.191. The van der Waals surface area contributed by atoms with E-state index in [2.05, 4.69) is 10.6 Å². The smallest absolute Gasteiger partial charge is 0.253 e. The molecule has 1 unspecified atom stereocenters. The second-order valence-electron chi connectivity index (χ2n) is 7.71. The summed E-state index contributed by atoms with van der Waals surface area (Å²) in [6, 6.07) is 19.3. The first-order valence-corrected chi connectivity index (χ1v) is 10.1. The molecule has 1 fully saturated rings. The molecule has 2 aliphatic rings. The molecule has 0 radical (unpaired) electrons. The van der Waals surface area contributed by atoms with Gasteiger partial charge in [-0.15, -0.1) is 0 Å². The molecule has 1 saturated carbocycles. The number of hydrogen-bond donors (Lipinski definition) is 2. The minimum absolute atomic E-state index is 0.00857. The van der Waals surface area contributed by atoms with Gasteiger partial charge in [0.05, 0.1) is 23.9 Å². The molecule has 1 heterocycles. The lowest BCUT2D eigenvalue weighted by Crippen LogP contribution is -2.32. The number of anilines is 1. The third-order valence-electron chi connectivity index (χ3n) is 5.60. The number of amides is 2. The van der Waals surface area contributed by atoms with Gasteiger partial charge in [-0.2, -0.15) is 0 Å². The molecule has 0 spiro atoms. The molecule has 1 aliphatic carbocycles. The Morgan fingerprint density at radius 3 is 2.41 bits per heavy atom. The molecule has 0 saturated heterocycles. The van der Waals surface area contributed by atoms with Gasteiger partial charge in [0, 0.05) is 17.9 Å². The number of nitrogens with one attached hydrogen (secondary N) is 2. The number of para-hydroxylation sites is 1. The number of carbonyl (C=O) groups excluding carboxylic acids is 2. The van der Waals surface area contributed by atoms with E-state index in [-0.39, 0.29) is 23.8 Å². The van der Waals surface area contributed by atoms with E-state index in [0.717, 1.165) is 34.9 Å². The molecular weight excluding hydrogens is 364 g/mol. The Hall–Kier alpha value is -3.34. The molecule has 0 aromatic heterocycles. The van der Waals surface area contributed by atoms with E-state index in [1.165, 1.54) is 0 Å². The van der Waals surface area contributed by atoms with E-state index in [4.69, 9.17) is 4.74 Å². The molecule has 146 valence electrons. The van der Waals surface area contributed by atoms with Gasteiger partial charge in [0.1, 0.15) is 5.75 Å². The summed E-state index contributed by atoms with van der Waals surface area (Å²) in [5.74, 6) is 0.680. The summed E-state index contributed by atoms with van der Waals surface area (Å²) in [6.07, 6.45) is 2.54. The largest absolute Gasteiger partial charge is 0.493 e. The first kappa shape index (κ1) is 17.7. The molecular formula is C24H22N2O3. The fraction of sp³-hybridized carbons (Fsp3) is 0.250. The first-order chi connectivity index (χ1) is 14.2. The summed E-state index contributed by atoms with van der Waals surface area (Å²) in [4.78, 5) is 25.6. The molecule has 0 bridgehead atoms. The molecule has 1 atom stereocenters. The molecule has 3 aromatic carbocycles. The van der Waals surface area contributed by atoms with Crippen molar-refractivity contribution in [1.82, 2.24) is 5.32 Å². The Bertz CT molecular complexity index is 1100. The van der Waals surface area contributed by atoms with Crippen molar-refractivity contribution >= 4 is 28.3 Å². The molecule has 5 rings (SSSR count). The van der Waals surface area contributed by atoms with Crippen molar-refractivity contribution in [2.45, 2.75) is 25.3 Å². The quantitative estimate of drug-likeness (QED) is 0.696. The van der Waals surface area contributed by atoms with Crippen LogP contribution in [0.1, 0.15) is 41.2 Å². The summed E-state index contributed by atoms with van der Waals surface area (Å²) < 4.78 is 5.70. The minimum Gasteiger partial charge on any atom is -0.493 e. The molecule has 5 nitrogen and oxygen atoms in total. The SMILES string of the molecule is O=C(NC1CCOc2ccccc21)c1cc2ccccc2cc1NC(=O)C1CC1. The highest BCUT2D eigenvalue weighted by Gasteiger charge is 2.31. The Morgan fingerprint density at radius 2 is 1.62 bits per heavy atom. The van der Waals surface area contributed by atoms with Gasteiger partial charge in [-0.25, -0.2) is 0 Å². The van der Waals surface area contributed by atoms with Crippen LogP contribution in [0.2, 0.25) is 0 Å². The highest BCUT2D eigenvalue weighted by atomic mass is 16.5. The van der Waals surface area contributed by atoms with Crippen LogP contribution in [0.5, 0.6) is 5.75 Å². The topological polar surface area (TPSA) is 67.4 Å². The average molecular weight is 386 g/mol. The highest BCUT2D eigenvalue weighted by molar-refractivity contribution is 6.08. The molecule has 29 heavy (non-hydrogen) atoms. The monoisotopic (exact) mass is 386 g/mol. The summed E-state index contributed by atoms with van der Waals surface area (Å²) in [5, 5.41) is 8.08. The molecule has 5 heteroatoms. The van der Waals surface area contributed by atoms with Crippen LogP contribution in [-0.2, 0) is 4.79 Å². The van der Waals surface area contributed by atoms with Gasteiger partial charge in [0.15, 0.2) is 0 Å². The van der Waals surface area contributed by atoms with Gasteiger partial charge >= 0.3 is 0 Å². The third-order valence-corrected chi connectivity index (χ3v) is 5.60. The van der Waals surface area contributed by atoms with Crippen LogP contribution in [0, 0.1) is 5.92 Å². The maximum absolute atomic E-state index is 13.3. The average Bonchev–Trinajstić information content (AvgIpc) is 3.59. The zero-order valence-corrected chi connectivity index (χ0v) is 16.0. The number of rotatable bonds is 4. The van der Waals surface area contributed by atoms with Crippen LogP contribution in [0.25, 0.3) is 10.8 Å². The standard InChI is InChI=1S/C24H22N2O3/c27-23(15-9-10-15)26-21-14-17-6-2-1-5-16(17)13-19(21)24(28)25-20-11-12-29-22-8-4-3-7-18(20)22/h1-8,13-15,20H,9-12H2,(H,25,28)(H,26,27). The van der Waals surface area contributed by atoms with Gasteiger partial charge in [0.25, 0.3) is 5.91 Å².